The van der Waals surface area contributed by atoms with Crippen LogP contribution >= 0.6 is 0 Å². The van der Waals surface area contributed by atoms with Crippen molar-refractivity contribution in [2.75, 3.05) is 13.2 Å². The highest BCUT2D eigenvalue weighted by Gasteiger charge is 2.34. The van der Waals surface area contributed by atoms with Crippen molar-refractivity contribution in [1.29, 1.82) is 0 Å². The van der Waals surface area contributed by atoms with Gasteiger partial charge in [0.2, 0.25) is 10.0 Å². The lowest BCUT2D eigenvalue weighted by molar-refractivity contribution is -0.386. The predicted octanol–water partition coefficient (Wildman–Crippen LogP) is 2.36. The number of primary sulfonamides is 1. The van der Waals surface area contributed by atoms with E-state index in [0.717, 1.165) is 38.2 Å². The van der Waals surface area contributed by atoms with Gasteiger partial charge in [0.1, 0.15) is 12.2 Å². The number of sulfonamides is 1. The van der Waals surface area contributed by atoms with Crippen molar-refractivity contribution in [3.8, 4) is 5.75 Å². The van der Waals surface area contributed by atoms with Crippen LogP contribution in [0.15, 0.2) is 23.1 Å². The molecule has 1 saturated carbocycles. The number of benzene rings is 1. The van der Waals surface area contributed by atoms with Crippen LogP contribution in [0.2, 0.25) is 0 Å². The van der Waals surface area contributed by atoms with Gasteiger partial charge in [-0.25, -0.2) is 13.6 Å². The topological polar surface area (TPSA) is 122 Å². The highest BCUT2D eigenvalue weighted by atomic mass is 32.2. The van der Waals surface area contributed by atoms with Gasteiger partial charge in [-0.15, -0.1) is 0 Å². The number of nitrogens with zero attached hydrogens (tertiary/aromatic N) is 1. The molecule has 9 heteroatoms. The molecular weight excluding hydrogens is 336 g/mol. The van der Waals surface area contributed by atoms with E-state index >= 15 is 0 Å². The molecule has 0 aromatic heterocycles. The normalized spacial score (nSPS) is 17.4. The fourth-order valence-electron chi connectivity index (χ4n) is 2.98. The molecule has 1 aliphatic carbocycles. The molecule has 0 radical (unpaired) electrons. The fraction of sp³-hybridized carbons (Fsp3) is 0.600. The second-order valence-electron chi connectivity index (χ2n) is 5.90. The SMILES string of the molecule is CCOC1(COc2ccc(S(N)(=O)=O)cc2[N+](=O)[O-])CCCCC1. The molecule has 1 aromatic rings. The van der Waals surface area contributed by atoms with Gasteiger partial charge >= 0.3 is 5.69 Å². The number of ether oxygens (including phenoxy) is 2. The van der Waals surface area contributed by atoms with Crippen LogP contribution < -0.4 is 9.88 Å². The summed E-state index contributed by atoms with van der Waals surface area (Å²) in [6.07, 6.45) is 4.86. The molecule has 0 amide bonds. The lowest BCUT2D eigenvalue weighted by atomic mass is 9.85. The fourth-order valence-corrected chi connectivity index (χ4v) is 3.51. The first kappa shape index (κ1) is 18.6. The second-order valence-corrected chi connectivity index (χ2v) is 7.46. The lowest BCUT2D eigenvalue weighted by Crippen LogP contribution is -2.41. The first-order valence-corrected chi connectivity index (χ1v) is 9.40. The average molecular weight is 358 g/mol. The van der Waals surface area contributed by atoms with E-state index in [9.17, 15) is 18.5 Å². The summed E-state index contributed by atoms with van der Waals surface area (Å²) in [6.45, 7) is 2.63. The molecule has 0 bridgehead atoms. The van der Waals surface area contributed by atoms with Crippen LogP contribution in [-0.4, -0.2) is 32.2 Å². The molecule has 1 fully saturated rings. The van der Waals surface area contributed by atoms with Gasteiger partial charge in [-0.2, -0.15) is 0 Å². The number of nitro groups is 1. The Morgan fingerprint density at radius 1 is 1.29 bits per heavy atom. The summed E-state index contributed by atoms with van der Waals surface area (Å²) in [5.74, 6) is 0.0112. The van der Waals surface area contributed by atoms with Crippen molar-refractivity contribution < 1.29 is 22.8 Å². The summed E-state index contributed by atoms with van der Waals surface area (Å²) in [5, 5.41) is 16.2. The van der Waals surface area contributed by atoms with Crippen LogP contribution in [0.3, 0.4) is 0 Å². The van der Waals surface area contributed by atoms with Crippen LogP contribution in [0.4, 0.5) is 5.69 Å². The Balaban J connectivity index is 2.23. The highest BCUT2D eigenvalue weighted by Crippen LogP contribution is 2.35. The summed E-state index contributed by atoms with van der Waals surface area (Å²) in [6, 6.07) is 3.38. The predicted molar refractivity (Wildman–Crippen MR) is 87.4 cm³/mol. The summed E-state index contributed by atoms with van der Waals surface area (Å²) < 4.78 is 34.2. The van der Waals surface area contributed by atoms with E-state index in [1.54, 1.807) is 0 Å². The van der Waals surface area contributed by atoms with Crippen molar-refractivity contribution in [1.82, 2.24) is 0 Å². The van der Waals surface area contributed by atoms with Gasteiger partial charge in [-0.1, -0.05) is 19.3 Å². The Hall–Kier alpha value is -1.71. The third-order valence-corrected chi connectivity index (χ3v) is 5.07. The van der Waals surface area contributed by atoms with E-state index in [-0.39, 0.29) is 17.3 Å². The van der Waals surface area contributed by atoms with Crippen molar-refractivity contribution in [3.63, 3.8) is 0 Å². The molecule has 1 aliphatic rings. The van der Waals surface area contributed by atoms with Gasteiger partial charge in [0.05, 0.1) is 9.82 Å². The lowest BCUT2D eigenvalue weighted by Gasteiger charge is -2.36. The van der Waals surface area contributed by atoms with E-state index in [2.05, 4.69) is 0 Å². The first-order chi connectivity index (χ1) is 11.3. The maximum absolute atomic E-state index is 11.4. The Morgan fingerprint density at radius 3 is 2.50 bits per heavy atom. The van der Waals surface area contributed by atoms with Crippen LogP contribution in [0.5, 0.6) is 5.75 Å². The minimum Gasteiger partial charge on any atom is -0.484 e. The third kappa shape index (κ3) is 4.43. The van der Waals surface area contributed by atoms with Gasteiger partial charge in [0.15, 0.2) is 5.75 Å². The van der Waals surface area contributed by atoms with Gasteiger partial charge < -0.3 is 9.47 Å². The van der Waals surface area contributed by atoms with Crippen molar-refractivity contribution >= 4 is 15.7 Å². The Bertz CT molecular complexity index is 692. The smallest absolute Gasteiger partial charge is 0.312 e. The first-order valence-electron chi connectivity index (χ1n) is 7.85. The van der Waals surface area contributed by atoms with Gasteiger partial charge in [-0.3, -0.25) is 10.1 Å². The number of hydrogen-bond acceptors (Lipinski definition) is 6. The molecule has 2 N–H and O–H groups in total. The zero-order valence-corrected chi connectivity index (χ0v) is 14.4. The van der Waals surface area contributed by atoms with E-state index in [0.29, 0.717) is 6.61 Å². The summed E-state index contributed by atoms with van der Waals surface area (Å²) >= 11 is 0. The minimum absolute atomic E-state index is 0.0112. The van der Waals surface area contributed by atoms with E-state index < -0.39 is 26.2 Å². The van der Waals surface area contributed by atoms with Crippen molar-refractivity contribution in [2.45, 2.75) is 49.5 Å². The van der Waals surface area contributed by atoms with E-state index in [1.807, 2.05) is 6.92 Å². The summed E-state index contributed by atoms with van der Waals surface area (Å²) in [5.41, 5.74) is -0.872. The van der Waals surface area contributed by atoms with Crippen LogP contribution in [0.1, 0.15) is 39.0 Å². The Labute approximate surface area is 141 Å². The largest absolute Gasteiger partial charge is 0.484 e. The van der Waals surface area contributed by atoms with Crippen LogP contribution in [0.25, 0.3) is 0 Å². The Kier molecular flexibility index (Phi) is 5.79. The zero-order valence-electron chi connectivity index (χ0n) is 13.6. The van der Waals surface area contributed by atoms with Crippen LogP contribution in [0, 0.1) is 10.1 Å². The molecule has 0 unspecified atom stereocenters. The average Bonchev–Trinajstić information content (AvgIpc) is 2.53. The number of nitro benzene ring substituents is 1. The monoisotopic (exact) mass is 358 g/mol. The number of hydrogen-bond donors (Lipinski definition) is 1. The Morgan fingerprint density at radius 2 is 1.96 bits per heavy atom. The molecule has 0 saturated heterocycles. The molecule has 1 aromatic carbocycles. The van der Waals surface area contributed by atoms with Crippen molar-refractivity contribution in [3.05, 3.63) is 28.3 Å². The summed E-state index contributed by atoms with van der Waals surface area (Å²) in [4.78, 5) is 10.2. The standard InChI is InChI=1S/C15H22N2O6S/c1-2-23-15(8-4-3-5-9-15)11-22-14-7-6-12(24(16,20)21)10-13(14)17(18)19/h6-7,10H,2-5,8-9,11H2,1H3,(H2,16,20,21). The molecule has 0 aliphatic heterocycles. The van der Waals surface area contributed by atoms with Gasteiger partial charge in [-0.05, 0) is 31.9 Å². The van der Waals surface area contributed by atoms with Gasteiger partial charge in [0.25, 0.3) is 0 Å². The second kappa shape index (κ2) is 7.45. The third-order valence-electron chi connectivity index (χ3n) is 4.16. The maximum atomic E-state index is 11.4. The zero-order chi connectivity index (χ0) is 17.8. The molecule has 2 rings (SSSR count). The van der Waals surface area contributed by atoms with E-state index in [4.69, 9.17) is 14.6 Å². The highest BCUT2D eigenvalue weighted by molar-refractivity contribution is 7.89. The quantitative estimate of drug-likeness (QED) is 0.590. The number of nitrogens with two attached hydrogens (primary N) is 1. The molecule has 24 heavy (non-hydrogen) atoms. The molecule has 0 atom stereocenters. The molecule has 134 valence electrons. The van der Waals surface area contributed by atoms with Crippen LogP contribution in [-0.2, 0) is 14.8 Å². The molecule has 0 heterocycles. The molecule has 0 spiro atoms. The minimum atomic E-state index is -4.02. The van der Waals surface area contributed by atoms with Gasteiger partial charge in [0, 0.05) is 12.7 Å². The maximum Gasteiger partial charge on any atom is 0.312 e. The molecule has 8 nitrogen and oxygen atoms in total. The van der Waals surface area contributed by atoms with E-state index in [1.165, 1.54) is 12.1 Å². The molecular formula is C15H22N2O6S. The number of rotatable bonds is 7. The summed E-state index contributed by atoms with van der Waals surface area (Å²) in [7, 11) is -4.02. The van der Waals surface area contributed by atoms with Crippen molar-refractivity contribution in [2.24, 2.45) is 5.14 Å².